The van der Waals surface area contributed by atoms with Crippen molar-refractivity contribution in [3.63, 3.8) is 0 Å². The topological polar surface area (TPSA) is 50.8 Å². The number of likely N-dealkylation sites (N-methyl/N-ethyl adjacent to an activating group) is 1. The Bertz CT molecular complexity index is 523. The summed E-state index contributed by atoms with van der Waals surface area (Å²) >= 11 is 2.15. The molecule has 0 fully saturated rings. The van der Waals surface area contributed by atoms with E-state index in [0.29, 0.717) is 23.0 Å². The van der Waals surface area contributed by atoms with Crippen LogP contribution in [0.4, 0.5) is 0 Å². The van der Waals surface area contributed by atoms with Gasteiger partial charge in [0.25, 0.3) is 5.91 Å². The van der Waals surface area contributed by atoms with Crippen molar-refractivity contribution in [3.05, 3.63) is 21.3 Å². The average Bonchev–Trinajstić information content (AvgIpc) is 2.45. The fourth-order valence-electron chi connectivity index (χ4n) is 2.48. The quantitative estimate of drug-likeness (QED) is 0.640. The molecule has 1 amide bonds. The van der Waals surface area contributed by atoms with Crippen molar-refractivity contribution in [2.24, 2.45) is 5.92 Å². The Balaban J connectivity index is 2.98. The van der Waals surface area contributed by atoms with Gasteiger partial charge in [-0.3, -0.25) is 4.79 Å². The molecule has 0 saturated carbocycles. The summed E-state index contributed by atoms with van der Waals surface area (Å²) in [4.78, 5) is 14.8. The predicted molar refractivity (Wildman–Crippen MR) is 102 cm³/mol. The molecule has 0 aliphatic heterocycles. The lowest BCUT2D eigenvalue weighted by Crippen LogP contribution is -2.42. The van der Waals surface area contributed by atoms with Gasteiger partial charge in [-0.2, -0.15) is 0 Å². The molecule has 0 saturated heterocycles. The van der Waals surface area contributed by atoms with Crippen LogP contribution in [0.3, 0.4) is 0 Å². The summed E-state index contributed by atoms with van der Waals surface area (Å²) in [6.07, 6.45) is 0.938. The van der Waals surface area contributed by atoms with Gasteiger partial charge in [-0.05, 0) is 61.2 Å². The van der Waals surface area contributed by atoms with Gasteiger partial charge in [0.1, 0.15) is 0 Å². The number of halogens is 1. The molecule has 5 nitrogen and oxygen atoms in total. The largest absolute Gasteiger partial charge is 0.493 e. The summed E-state index contributed by atoms with van der Waals surface area (Å²) < 4.78 is 11.4. The van der Waals surface area contributed by atoms with Crippen LogP contribution >= 0.6 is 22.6 Å². The van der Waals surface area contributed by atoms with Crippen molar-refractivity contribution in [3.8, 4) is 11.5 Å². The molecular formula is C17H27IN2O3. The maximum absolute atomic E-state index is 12.7. The second-order valence-electron chi connectivity index (χ2n) is 6.25. The number of methoxy groups -OCH3 is 2. The molecule has 23 heavy (non-hydrogen) atoms. The van der Waals surface area contributed by atoms with E-state index in [4.69, 9.17) is 9.47 Å². The lowest BCUT2D eigenvalue weighted by molar-refractivity contribution is 0.0923. The first-order chi connectivity index (χ1) is 10.8. The lowest BCUT2D eigenvalue weighted by Gasteiger charge is -2.24. The van der Waals surface area contributed by atoms with Crippen molar-refractivity contribution < 1.29 is 14.3 Å². The highest BCUT2D eigenvalue weighted by molar-refractivity contribution is 14.1. The summed E-state index contributed by atoms with van der Waals surface area (Å²) in [6, 6.07) is 3.66. The van der Waals surface area contributed by atoms with E-state index < -0.39 is 0 Å². The number of nitrogens with zero attached hydrogens (tertiary/aromatic N) is 1. The van der Waals surface area contributed by atoms with Gasteiger partial charge < -0.3 is 19.7 Å². The fourth-order valence-corrected chi connectivity index (χ4v) is 3.16. The molecule has 1 rings (SSSR count). The number of amides is 1. The van der Waals surface area contributed by atoms with Crippen molar-refractivity contribution in [2.75, 3.05) is 34.9 Å². The predicted octanol–water partition coefficient (Wildman–Crippen LogP) is 3.01. The molecule has 0 radical (unpaired) electrons. The number of nitrogens with one attached hydrogen (secondary N) is 1. The summed E-state index contributed by atoms with van der Waals surface area (Å²) in [7, 11) is 7.18. The maximum Gasteiger partial charge on any atom is 0.252 e. The van der Waals surface area contributed by atoms with Crippen molar-refractivity contribution in [2.45, 2.75) is 26.3 Å². The molecule has 130 valence electrons. The number of carbonyl (C=O) groups excluding carboxylic acids is 1. The number of carbonyl (C=O) groups is 1. The smallest absolute Gasteiger partial charge is 0.252 e. The van der Waals surface area contributed by atoms with Gasteiger partial charge in [0.15, 0.2) is 11.5 Å². The minimum atomic E-state index is -0.0807. The van der Waals surface area contributed by atoms with Crippen LogP contribution in [0.1, 0.15) is 30.6 Å². The highest BCUT2D eigenvalue weighted by Gasteiger charge is 2.20. The molecule has 0 aliphatic carbocycles. The first-order valence-corrected chi connectivity index (χ1v) is 8.73. The van der Waals surface area contributed by atoms with Gasteiger partial charge in [-0.25, -0.2) is 0 Å². The third-order valence-electron chi connectivity index (χ3n) is 3.39. The summed E-state index contributed by atoms with van der Waals surface area (Å²) in [6.45, 7) is 5.14. The van der Waals surface area contributed by atoms with E-state index in [1.165, 1.54) is 0 Å². The highest BCUT2D eigenvalue weighted by Crippen LogP contribution is 2.31. The molecule has 1 aromatic carbocycles. The highest BCUT2D eigenvalue weighted by atomic mass is 127. The summed E-state index contributed by atoms with van der Waals surface area (Å²) in [5.41, 5.74) is 0.607. The molecule has 0 aromatic heterocycles. The Morgan fingerprint density at radius 2 is 1.78 bits per heavy atom. The van der Waals surface area contributed by atoms with Gasteiger partial charge in [0.2, 0.25) is 0 Å². The van der Waals surface area contributed by atoms with Crippen LogP contribution < -0.4 is 14.8 Å². The first-order valence-electron chi connectivity index (χ1n) is 7.65. The monoisotopic (exact) mass is 434 g/mol. The Morgan fingerprint density at radius 3 is 2.26 bits per heavy atom. The molecule has 1 N–H and O–H groups in total. The Labute approximate surface area is 152 Å². The zero-order valence-electron chi connectivity index (χ0n) is 14.8. The molecule has 0 bridgehead atoms. The van der Waals surface area contributed by atoms with Gasteiger partial charge in [0.05, 0.1) is 19.8 Å². The van der Waals surface area contributed by atoms with Gasteiger partial charge in [0, 0.05) is 16.2 Å². The van der Waals surface area contributed by atoms with E-state index in [2.05, 4.69) is 46.7 Å². The molecule has 0 aliphatic rings. The van der Waals surface area contributed by atoms with E-state index in [-0.39, 0.29) is 11.9 Å². The summed E-state index contributed by atoms with van der Waals surface area (Å²) in [5.74, 6) is 1.62. The SMILES string of the molecule is COc1cc(I)c(C(=O)NC(CC(C)C)CN(C)C)cc1OC. The van der Waals surface area contributed by atoms with E-state index in [9.17, 15) is 4.79 Å². The van der Waals surface area contributed by atoms with Crippen LogP contribution in [0.25, 0.3) is 0 Å². The van der Waals surface area contributed by atoms with Crippen molar-refractivity contribution >= 4 is 28.5 Å². The van der Waals surface area contributed by atoms with Crippen LogP contribution in [-0.4, -0.2) is 51.7 Å². The second kappa shape index (κ2) is 9.32. The molecule has 1 aromatic rings. The Kier molecular flexibility index (Phi) is 8.11. The van der Waals surface area contributed by atoms with E-state index in [1.54, 1.807) is 20.3 Å². The minimum absolute atomic E-state index is 0.0807. The zero-order valence-corrected chi connectivity index (χ0v) is 16.9. The standard InChI is InChI=1S/C17H27IN2O3/c1-11(2)7-12(10-20(3)4)19-17(21)13-8-15(22-5)16(23-6)9-14(13)18/h8-9,11-12H,7,10H2,1-6H3,(H,19,21). The minimum Gasteiger partial charge on any atom is -0.493 e. The number of hydrogen-bond acceptors (Lipinski definition) is 4. The van der Waals surface area contributed by atoms with Crippen LogP contribution in [0.5, 0.6) is 11.5 Å². The molecule has 0 heterocycles. The molecule has 6 heteroatoms. The van der Waals surface area contributed by atoms with E-state index in [0.717, 1.165) is 16.5 Å². The second-order valence-corrected chi connectivity index (χ2v) is 7.41. The third-order valence-corrected chi connectivity index (χ3v) is 4.29. The fraction of sp³-hybridized carbons (Fsp3) is 0.588. The van der Waals surface area contributed by atoms with Gasteiger partial charge >= 0.3 is 0 Å². The number of benzene rings is 1. The lowest BCUT2D eigenvalue weighted by atomic mass is 10.0. The Morgan fingerprint density at radius 1 is 1.22 bits per heavy atom. The van der Waals surface area contributed by atoms with Gasteiger partial charge in [-0.1, -0.05) is 13.8 Å². The molecule has 1 unspecified atom stereocenters. The molecule has 0 spiro atoms. The van der Waals surface area contributed by atoms with Crippen LogP contribution in [0.2, 0.25) is 0 Å². The van der Waals surface area contributed by atoms with E-state index in [1.807, 2.05) is 20.2 Å². The van der Waals surface area contributed by atoms with Crippen molar-refractivity contribution in [1.29, 1.82) is 0 Å². The van der Waals surface area contributed by atoms with Gasteiger partial charge in [-0.15, -0.1) is 0 Å². The number of hydrogen-bond donors (Lipinski definition) is 1. The average molecular weight is 434 g/mol. The van der Waals surface area contributed by atoms with E-state index >= 15 is 0 Å². The zero-order chi connectivity index (χ0) is 17.6. The van der Waals surface area contributed by atoms with Crippen LogP contribution in [0.15, 0.2) is 12.1 Å². The molecule has 1 atom stereocenters. The third kappa shape index (κ3) is 6.18. The number of rotatable bonds is 8. The summed E-state index contributed by atoms with van der Waals surface area (Å²) in [5, 5.41) is 3.14. The first kappa shape index (κ1) is 20.0. The van der Waals surface area contributed by atoms with Crippen LogP contribution in [0, 0.1) is 9.49 Å². The van der Waals surface area contributed by atoms with Crippen LogP contribution in [-0.2, 0) is 0 Å². The number of ether oxygens (including phenoxy) is 2. The van der Waals surface area contributed by atoms with Crippen molar-refractivity contribution in [1.82, 2.24) is 10.2 Å². The molecular weight excluding hydrogens is 407 g/mol. The maximum atomic E-state index is 12.7. The Hall–Kier alpha value is -1.02. The normalized spacial score (nSPS) is 12.4.